The van der Waals surface area contributed by atoms with Gasteiger partial charge in [-0.1, -0.05) is 30.3 Å². The number of carbonyl (C=O) groups excluding carboxylic acids is 1. The zero-order chi connectivity index (χ0) is 18.5. The second-order valence-electron chi connectivity index (χ2n) is 6.02. The summed E-state index contributed by atoms with van der Waals surface area (Å²) in [5, 5.41) is 5.44. The first kappa shape index (κ1) is 17.4. The van der Waals surface area contributed by atoms with E-state index >= 15 is 0 Å². The van der Waals surface area contributed by atoms with Crippen molar-refractivity contribution in [1.29, 1.82) is 0 Å². The number of pyridine rings is 2. The number of carbonyl (C=O) groups is 1. The van der Waals surface area contributed by atoms with Gasteiger partial charge >= 0.3 is 6.03 Å². The monoisotopic (exact) mass is 348 g/mol. The van der Waals surface area contributed by atoms with E-state index in [9.17, 15) is 9.59 Å². The van der Waals surface area contributed by atoms with Crippen molar-refractivity contribution in [3.63, 3.8) is 0 Å². The molecule has 26 heavy (non-hydrogen) atoms. The fourth-order valence-corrected chi connectivity index (χ4v) is 2.63. The Kier molecular flexibility index (Phi) is 5.12. The molecule has 3 rings (SSSR count). The lowest BCUT2D eigenvalue weighted by atomic mass is 10.0. The standard InChI is InChI=1S/C20H20N4O2/c1-14(22-20(26)23-18-6-4-12-24(2)19(18)25)15-7-9-16(10-8-15)17-5-3-11-21-13-17/h3-14H,1-2H3,(H2,22,23,26). The fourth-order valence-electron chi connectivity index (χ4n) is 2.63. The third-order valence-electron chi connectivity index (χ3n) is 4.12. The molecule has 0 aliphatic rings. The van der Waals surface area contributed by atoms with Gasteiger partial charge in [-0.2, -0.15) is 0 Å². The van der Waals surface area contributed by atoms with E-state index < -0.39 is 6.03 Å². The van der Waals surface area contributed by atoms with Gasteiger partial charge in [0.25, 0.3) is 5.56 Å². The molecule has 3 aromatic rings. The number of rotatable bonds is 4. The number of nitrogens with zero attached hydrogens (tertiary/aromatic N) is 2. The molecule has 2 heterocycles. The number of benzene rings is 1. The van der Waals surface area contributed by atoms with Gasteiger partial charge in [0.05, 0.1) is 6.04 Å². The van der Waals surface area contributed by atoms with E-state index in [1.54, 1.807) is 31.6 Å². The summed E-state index contributed by atoms with van der Waals surface area (Å²) >= 11 is 0. The molecule has 0 saturated carbocycles. The van der Waals surface area contributed by atoms with Gasteiger partial charge in [-0.25, -0.2) is 4.79 Å². The summed E-state index contributed by atoms with van der Waals surface area (Å²) in [7, 11) is 1.64. The fraction of sp³-hybridized carbons (Fsp3) is 0.150. The number of aryl methyl sites for hydroxylation is 1. The largest absolute Gasteiger partial charge is 0.331 e. The van der Waals surface area contributed by atoms with E-state index in [1.165, 1.54) is 4.57 Å². The first-order valence-electron chi connectivity index (χ1n) is 8.28. The second kappa shape index (κ2) is 7.65. The Morgan fingerprint density at radius 1 is 1.08 bits per heavy atom. The van der Waals surface area contributed by atoms with Crippen LogP contribution in [-0.4, -0.2) is 15.6 Å². The van der Waals surface area contributed by atoms with Crippen molar-refractivity contribution >= 4 is 11.7 Å². The van der Waals surface area contributed by atoms with Crippen LogP contribution in [0.5, 0.6) is 0 Å². The molecule has 0 aliphatic heterocycles. The highest BCUT2D eigenvalue weighted by molar-refractivity contribution is 5.89. The zero-order valence-corrected chi connectivity index (χ0v) is 14.6. The molecule has 0 saturated heterocycles. The minimum Gasteiger partial charge on any atom is -0.331 e. The van der Waals surface area contributed by atoms with Crippen LogP contribution >= 0.6 is 0 Å². The van der Waals surface area contributed by atoms with Crippen molar-refractivity contribution in [3.05, 3.63) is 83.0 Å². The van der Waals surface area contributed by atoms with E-state index in [2.05, 4.69) is 15.6 Å². The number of nitrogens with one attached hydrogen (secondary N) is 2. The molecule has 0 spiro atoms. The molecule has 6 heteroatoms. The summed E-state index contributed by atoms with van der Waals surface area (Å²) in [5.41, 5.74) is 3.06. The first-order valence-corrected chi connectivity index (χ1v) is 8.28. The van der Waals surface area contributed by atoms with Crippen molar-refractivity contribution in [3.8, 4) is 11.1 Å². The average molecular weight is 348 g/mol. The van der Waals surface area contributed by atoms with Crippen molar-refractivity contribution in [2.45, 2.75) is 13.0 Å². The summed E-state index contributed by atoms with van der Waals surface area (Å²) in [5.74, 6) is 0. The molecule has 1 unspecified atom stereocenters. The van der Waals surface area contributed by atoms with Gasteiger partial charge in [0.2, 0.25) is 0 Å². The maximum Gasteiger partial charge on any atom is 0.319 e. The van der Waals surface area contributed by atoms with Crippen LogP contribution in [-0.2, 0) is 7.05 Å². The van der Waals surface area contributed by atoms with Crippen molar-refractivity contribution in [1.82, 2.24) is 14.9 Å². The number of amides is 2. The van der Waals surface area contributed by atoms with E-state index in [1.807, 2.05) is 49.5 Å². The van der Waals surface area contributed by atoms with Crippen LogP contribution in [0.15, 0.2) is 71.9 Å². The molecule has 0 fully saturated rings. The molecule has 0 bridgehead atoms. The molecule has 2 aromatic heterocycles. The van der Waals surface area contributed by atoms with Crippen LogP contribution < -0.4 is 16.2 Å². The molecule has 1 atom stereocenters. The predicted molar refractivity (Wildman–Crippen MR) is 102 cm³/mol. The zero-order valence-electron chi connectivity index (χ0n) is 14.6. The molecular weight excluding hydrogens is 328 g/mol. The van der Waals surface area contributed by atoms with Gasteiger partial charge < -0.3 is 15.2 Å². The average Bonchev–Trinajstić information content (AvgIpc) is 2.66. The maximum atomic E-state index is 12.2. The highest BCUT2D eigenvalue weighted by Crippen LogP contribution is 2.21. The van der Waals surface area contributed by atoms with Crippen molar-refractivity contribution < 1.29 is 4.79 Å². The van der Waals surface area contributed by atoms with E-state index in [0.717, 1.165) is 16.7 Å². The molecular formula is C20H20N4O2. The third-order valence-corrected chi connectivity index (χ3v) is 4.12. The van der Waals surface area contributed by atoms with Crippen LogP contribution in [0.25, 0.3) is 11.1 Å². The number of aromatic nitrogens is 2. The Labute approximate surface area is 151 Å². The van der Waals surface area contributed by atoms with E-state index in [0.29, 0.717) is 0 Å². The van der Waals surface area contributed by atoms with Crippen molar-refractivity contribution in [2.24, 2.45) is 7.05 Å². The Morgan fingerprint density at radius 2 is 1.85 bits per heavy atom. The second-order valence-corrected chi connectivity index (χ2v) is 6.02. The van der Waals surface area contributed by atoms with E-state index in [4.69, 9.17) is 0 Å². The van der Waals surface area contributed by atoms with Crippen LogP contribution in [0.1, 0.15) is 18.5 Å². The van der Waals surface area contributed by atoms with Gasteiger partial charge in [-0.05, 0) is 41.8 Å². The lowest BCUT2D eigenvalue weighted by Crippen LogP contribution is -2.33. The first-order chi connectivity index (χ1) is 12.5. The van der Waals surface area contributed by atoms with Gasteiger partial charge in [-0.15, -0.1) is 0 Å². The third kappa shape index (κ3) is 3.97. The summed E-state index contributed by atoms with van der Waals surface area (Å²) in [6, 6.07) is 14.5. The van der Waals surface area contributed by atoms with E-state index in [-0.39, 0.29) is 17.3 Å². The molecule has 6 nitrogen and oxygen atoms in total. The SMILES string of the molecule is CC(NC(=O)Nc1cccn(C)c1=O)c1ccc(-c2cccnc2)cc1. The molecule has 2 amide bonds. The quantitative estimate of drug-likeness (QED) is 0.759. The summed E-state index contributed by atoms with van der Waals surface area (Å²) in [6.07, 6.45) is 5.19. The van der Waals surface area contributed by atoms with Crippen molar-refractivity contribution in [2.75, 3.05) is 5.32 Å². The minimum absolute atomic E-state index is 0.203. The van der Waals surface area contributed by atoms with Gasteiger partial charge in [0, 0.05) is 25.6 Å². The Bertz CT molecular complexity index is 950. The molecule has 132 valence electrons. The van der Waals surface area contributed by atoms with Crippen LogP contribution in [0, 0.1) is 0 Å². The number of anilines is 1. The lowest BCUT2D eigenvalue weighted by molar-refractivity contribution is 0.249. The van der Waals surface area contributed by atoms with Crippen LogP contribution in [0.4, 0.5) is 10.5 Å². The summed E-state index contributed by atoms with van der Waals surface area (Å²) in [6.45, 7) is 1.89. The van der Waals surface area contributed by atoms with Gasteiger partial charge in [0.1, 0.15) is 5.69 Å². The summed E-state index contributed by atoms with van der Waals surface area (Å²) < 4.78 is 1.41. The summed E-state index contributed by atoms with van der Waals surface area (Å²) in [4.78, 5) is 28.2. The van der Waals surface area contributed by atoms with Crippen LogP contribution in [0.3, 0.4) is 0 Å². The molecule has 1 aromatic carbocycles. The molecule has 2 N–H and O–H groups in total. The number of hydrogen-bond acceptors (Lipinski definition) is 3. The smallest absolute Gasteiger partial charge is 0.319 e. The lowest BCUT2D eigenvalue weighted by Gasteiger charge is -2.15. The predicted octanol–water partition coefficient (Wildman–Crippen LogP) is 3.33. The van der Waals surface area contributed by atoms with Gasteiger partial charge in [0.15, 0.2) is 0 Å². The minimum atomic E-state index is -0.419. The number of urea groups is 1. The number of hydrogen-bond donors (Lipinski definition) is 2. The highest BCUT2D eigenvalue weighted by Gasteiger charge is 2.11. The Morgan fingerprint density at radius 3 is 2.54 bits per heavy atom. The van der Waals surface area contributed by atoms with Gasteiger partial charge in [-0.3, -0.25) is 9.78 Å². The maximum absolute atomic E-state index is 12.2. The highest BCUT2D eigenvalue weighted by atomic mass is 16.2. The van der Waals surface area contributed by atoms with Crippen LogP contribution in [0.2, 0.25) is 0 Å². The molecule has 0 aliphatic carbocycles. The topological polar surface area (TPSA) is 76.0 Å². The Hall–Kier alpha value is -3.41. The Balaban J connectivity index is 1.66. The normalized spacial score (nSPS) is 11.6. The molecule has 0 radical (unpaired) electrons.